The van der Waals surface area contributed by atoms with E-state index in [-0.39, 0.29) is 12.7 Å². The Balaban J connectivity index is 0.000000185. The second kappa shape index (κ2) is 13.3. The Kier molecular flexibility index (Phi) is 10.1. The van der Waals surface area contributed by atoms with Crippen molar-refractivity contribution in [2.75, 3.05) is 6.61 Å². The van der Waals surface area contributed by atoms with Crippen LogP contribution in [-0.4, -0.2) is 29.8 Å². The van der Waals surface area contributed by atoms with Gasteiger partial charge in [0.15, 0.2) is 0 Å². The highest BCUT2D eigenvalue weighted by atomic mass is 16.5. The summed E-state index contributed by atoms with van der Waals surface area (Å²) in [6.07, 6.45) is 14.2. The van der Waals surface area contributed by atoms with Crippen LogP contribution in [0.5, 0.6) is 0 Å². The molecule has 2 fully saturated rings. The van der Waals surface area contributed by atoms with Crippen LogP contribution in [0.1, 0.15) is 81.4 Å². The molecule has 2 aliphatic carbocycles. The molecule has 0 heterocycles. The third-order valence-corrected chi connectivity index (χ3v) is 6.26. The Morgan fingerprint density at radius 1 is 0.774 bits per heavy atom. The second-order valence-corrected chi connectivity index (χ2v) is 8.74. The fourth-order valence-corrected chi connectivity index (χ4v) is 4.67. The molecule has 4 nitrogen and oxygen atoms in total. The number of hydrogen-bond acceptors (Lipinski definition) is 3. The maximum atomic E-state index is 10.6. The number of carboxylic acid groups (broad SMARTS) is 1. The lowest BCUT2D eigenvalue weighted by atomic mass is 9.91. The van der Waals surface area contributed by atoms with Gasteiger partial charge >= 0.3 is 5.97 Å². The van der Waals surface area contributed by atoms with Gasteiger partial charge in [0, 0.05) is 12.1 Å². The third kappa shape index (κ3) is 8.47. The van der Waals surface area contributed by atoms with Crippen LogP contribution in [-0.2, 0) is 9.53 Å². The molecule has 2 saturated carbocycles. The number of benzene rings is 2. The summed E-state index contributed by atoms with van der Waals surface area (Å²) in [4.78, 5) is 10.6. The van der Waals surface area contributed by atoms with Gasteiger partial charge < -0.3 is 15.2 Å². The Morgan fingerprint density at radius 2 is 1.19 bits per heavy atom. The SMILES string of the molecule is C1CCC(NC2CCCCC2)CC1.O=C(O)COC(c1ccccc1)c1ccccc1. The normalized spacial score (nSPS) is 17.7. The van der Waals surface area contributed by atoms with Crippen LogP contribution < -0.4 is 5.32 Å². The van der Waals surface area contributed by atoms with Gasteiger partial charge in [-0.15, -0.1) is 0 Å². The minimum Gasteiger partial charge on any atom is -0.480 e. The van der Waals surface area contributed by atoms with Gasteiger partial charge in [0.2, 0.25) is 0 Å². The number of rotatable bonds is 7. The summed E-state index contributed by atoms with van der Waals surface area (Å²) in [7, 11) is 0. The summed E-state index contributed by atoms with van der Waals surface area (Å²) in [5, 5.41) is 12.6. The molecular weight excluding hydrogens is 386 g/mol. The molecule has 0 aliphatic heterocycles. The summed E-state index contributed by atoms with van der Waals surface area (Å²) in [6.45, 7) is -0.311. The fourth-order valence-electron chi connectivity index (χ4n) is 4.67. The van der Waals surface area contributed by atoms with Gasteiger partial charge in [-0.05, 0) is 36.8 Å². The van der Waals surface area contributed by atoms with Gasteiger partial charge in [-0.25, -0.2) is 4.79 Å². The van der Waals surface area contributed by atoms with E-state index in [1.165, 1.54) is 64.2 Å². The first-order valence-corrected chi connectivity index (χ1v) is 11.9. The first-order valence-electron chi connectivity index (χ1n) is 11.9. The van der Waals surface area contributed by atoms with Gasteiger partial charge in [0.05, 0.1) is 0 Å². The predicted octanol–water partition coefficient (Wildman–Crippen LogP) is 6.12. The molecule has 0 spiro atoms. The van der Waals surface area contributed by atoms with Crippen LogP contribution in [0.3, 0.4) is 0 Å². The largest absolute Gasteiger partial charge is 0.480 e. The van der Waals surface area contributed by atoms with Crippen molar-refractivity contribution in [1.82, 2.24) is 5.32 Å². The zero-order valence-corrected chi connectivity index (χ0v) is 18.5. The second-order valence-electron chi connectivity index (χ2n) is 8.74. The lowest BCUT2D eigenvalue weighted by Crippen LogP contribution is -2.40. The van der Waals surface area contributed by atoms with Crippen molar-refractivity contribution in [3.63, 3.8) is 0 Å². The van der Waals surface area contributed by atoms with Crippen LogP contribution in [0.2, 0.25) is 0 Å². The Morgan fingerprint density at radius 3 is 1.58 bits per heavy atom. The molecule has 0 saturated heterocycles. The predicted molar refractivity (Wildman–Crippen MR) is 125 cm³/mol. The van der Waals surface area contributed by atoms with Crippen molar-refractivity contribution >= 4 is 5.97 Å². The molecule has 31 heavy (non-hydrogen) atoms. The molecule has 0 amide bonds. The molecule has 0 atom stereocenters. The average Bonchev–Trinajstić information content (AvgIpc) is 2.82. The van der Waals surface area contributed by atoms with E-state index in [0.29, 0.717) is 0 Å². The van der Waals surface area contributed by atoms with E-state index in [1.54, 1.807) is 0 Å². The summed E-state index contributed by atoms with van der Waals surface area (Å²) in [5.41, 5.74) is 1.90. The van der Waals surface area contributed by atoms with Crippen molar-refractivity contribution in [2.45, 2.75) is 82.4 Å². The quantitative estimate of drug-likeness (QED) is 0.563. The first-order chi connectivity index (χ1) is 15.2. The number of nitrogens with one attached hydrogen (secondary N) is 1. The number of ether oxygens (including phenoxy) is 1. The highest BCUT2D eigenvalue weighted by molar-refractivity contribution is 5.68. The molecule has 0 unspecified atom stereocenters. The first kappa shape index (κ1) is 23.5. The van der Waals surface area contributed by atoms with Crippen LogP contribution in [0.15, 0.2) is 60.7 Å². The van der Waals surface area contributed by atoms with Crippen molar-refractivity contribution in [3.8, 4) is 0 Å². The minimum atomic E-state index is -0.966. The van der Waals surface area contributed by atoms with Crippen LogP contribution in [0, 0.1) is 0 Å². The Labute approximate surface area is 187 Å². The Bertz CT molecular complexity index is 682. The molecule has 2 aromatic carbocycles. The Hall–Kier alpha value is -2.17. The van der Waals surface area contributed by atoms with E-state index >= 15 is 0 Å². The van der Waals surface area contributed by atoms with Crippen molar-refractivity contribution < 1.29 is 14.6 Å². The lowest BCUT2D eigenvalue weighted by Gasteiger charge is -2.30. The number of carboxylic acids is 1. The van der Waals surface area contributed by atoms with Gasteiger partial charge in [0.1, 0.15) is 12.7 Å². The monoisotopic (exact) mass is 423 g/mol. The topological polar surface area (TPSA) is 58.6 Å². The maximum Gasteiger partial charge on any atom is 0.329 e. The summed E-state index contributed by atoms with van der Waals surface area (Å²) in [5.74, 6) is -0.966. The van der Waals surface area contributed by atoms with Crippen molar-refractivity contribution in [2.24, 2.45) is 0 Å². The molecule has 2 N–H and O–H groups in total. The fraction of sp³-hybridized carbons (Fsp3) is 0.519. The van der Waals surface area contributed by atoms with Gasteiger partial charge in [-0.3, -0.25) is 0 Å². The van der Waals surface area contributed by atoms with Crippen molar-refractivity contribution in [3.05, 3.63) is 71.8 Å². The smallest absolute Gasteiger partial charge is 0.329 e. The van der Waals surface area contributed by atoms with Crippen LogP contribution in [0.25, 0.3) is 0 Å². The molecule has 168 valence electrons. The van der Waals surface area contributed by atoms with Crippen molar-refractivity contribution in [1.29, 1.82) is 0 Å². The molecule has 2 aliphatic rings. The van der Waals surface area contributed by atoms with E-state index in [1.807, 2.05) is 60.7 Å². The highest BCUT2D eigenvalue weighted by Gasteiger charge is 2.19. The zero-order valence-electron chi connectivity index (χ0n) is 18.5. The van der Waals surface area contributed by atoms with E-state index in [2.05, 4.69) is 5.32 Å². The molecule has 4 rings (SSSR count). The number of carbonyl (C=O) groups is 1. The lowest BCUT2D eigenvalue weighted by molar-refractivity contribution is -0.143. The zero-order chi connectivity index (χ0) is 21.7. The van der Waals surface area contributed by atoms with Gasteiger partial charge in [-0.1, -0.05) is 99.2 Å². The molecule has 0 aromatic heterocycles. The molecule has 2 aromatic rings. The van der Waals surface area contributed by atoms with E-state index in [4.69, 9.17) is 9.84 Å². The number of hydrogen-bond donors (Lipinski definition) is 2. The summed E-state index contributed by atoms with van der Waals surface area (Å²) < 4.78 is 5.48. The van der Waals surface area contributed by atoms with E-state index in [9.17, 15) is 4.79 Å². The van der Waals surface area contributed by atoms with Crippen LogP contribution >= 0.6 is 0 Å². The summed E-state index contributed by atoms with van der Waals surface area (Å²) >= 11 is 0. The molecule has 4 heteroatoms. The molecule has 0 bridgehead atoms. The molecular formula is C27H37NO3. The minimum absolute atomic E-state index is 0.311. The maximum absolute atomic E-state index is 10.6. The molecule has 0 radical (unpaired) electrons. The van der Waals surface area contributed by atoms with E-state index < -0.39 is 5.97 Å². The van der Waals surface area contributed by atoms with E-state index in [0.717, 1.165) is 23.2 Å². The van der Waals surface area contributed by atoms with Crippen LogP contribution in [0.4, 0.5) is 0 Å². The van der Waals surface area contributed by atoms with Gasteiger partial charge in [0.25, 0.3) is 0 Å². The highest BCUT2D eigenvalue weighted by Crippen LogP contribution is 2.25. The third-order valence-electron chi connectivity index (χ3n) is 6.26. The standard InChI is InChI=1S/C15H14O3.C12H23N/c16-14(17)11-18-15(12-7-3-1-4-8-12)13-9-5-2-6-10-13;1-3-7-11(8-4-1)13-12-9-5-2-6-10-12/h1-10,15H,11H2,(H,16,17);11-13H,1-10H2. The van der Waals surface area contributed by atoms with Gasteiger partial charge in [-0.2, -0.15) is 0 Å². The number of aliphatic carboxylic acids is 1. The average molecular weight is 424 g/mol. The summed E-state index contributed by atoms with van der Waals surface area (Å²) in [6, 6.07) is 21.0.